The Bertz CT molecular complexity index is 1590. The van der Waals surface area contributed by atoms with E-state index < -0.39 is 0 Å². The molecule has 0 aromatic rings. The minimum absolute atomic E-state index is 0.648. The third kappa shape index (κ3) is 3.36. The molecular weight excluding hydrogens is 422 g/mol. The lowest BCUT2D eigenvalue weighted by atomic mass is 10.1. The van der Waals surface area contributed by atoms with E-state index in [4.69, 9.17) is 11.5 Å². The Kier molecular flexibility index (Phi) is 4.59. The highest BCUT2D eigenvalue weighted by Gasteiger charge is 2.12. The summed E-state index contributed by atoms with van der Waals surface area (Å²) in [7, 11) is 0. The van der Waals surface area contributed by atoms with Crippen LogP contribution in [0.5, 0.6) is 0 Å². The molecule has 4 aliphatic heterocycles. The molecule has 4 heterocycles. The van der Waals surface area contributed by atoms with Crippen LogP contribution in [0.3, 0.4) is 0 Å². The molecule has 4 N–H and O–H groups in total. The van der Waals surface area contributed by atoms with Crippen LogP contribution in [0.25, 0.3) is 58.3 Å². The molecule has 0 unspecified atom stereocenters. The summed E-state index contributed by atoms with van der Waals surface area (Å²) in [5, 5.41) is 8.63. The number of nitrogen functional groups attached to an aromatic ring is 2. The molecule has 0 radical (unpaired) electrons. The fraction of sp³-hybridized carbons (Fsp3) is 0. The SMILES string of the molecule is Nc1ccc2cccc-2n1/C=C/c1ccc2c(/C=C/n3c(N)ccc4cccc3-4)nnc-2cn1. The summed E-state index contributed by atoms with van der Waals surface area (Å²) in [6, 6.07) is 24.0. The van der Waals surface area contributed by atoms with E-state index in [9.17, 15) is 0 Å². The van der Waals surface area contributed by atoms with Gasteiger partial charge in [0.15, 0.2) is 0 Å². The summed E-state index contributed by atoms with van der Waals surface area (Å²) < 4.78 is 3.89. The Morgan fingerprint density at radius 2 is 1.29 bits per heavy atom. The summed E-state index contributed by atoms with van der Waals surface area (Å²) in [4.78, 5) is 4.57. The predicted octanol–water partition coefficient (Wildman–Crippen LogP) is 5.21. The van der Waals surface area contributed by atoms with Crippen LogP contribution in [0, 0.1) is 0 Å². The molecule has 0 bridgehead atoms. The van der Waals surface area contributed by atoms with E-state index in [1.165, 1.54) is 0 Å². The van der Waals surface area contributed by atoms with Crippen LogP contribution in [0.2, 0.25) is 0 Å². The van der Waals surface area contributed by atoms with Gasteiger partial charge in [-0.05, 0) is 71.8 Å². The maximum Gasteiger partial charge on any atom is 0.113 e. The number of anilines is 2. The van der Waals surface area contributed by atoms with Gasteiger partial charge in [-0.25, -0.2) is 0 Å². The van der Waals surface area contributed by atoms with Gasteiger partial charge in [0.2, 0.25) is 0 Å². The molecule has 7 heteroatoms. The van der Waals surface area contributed by atoms with Crippen molar-refractivity contribution in [3.8, 4) is 33.8 Å². The fourth-order valence-electron chi connectivity index (χ4n) is 4.17. The van der Waals surface area contributed by atoms with Gasteiger partial charge in [0.05, 0.1) is 29.0 Å². The summed E-state index contributed by atoms with van der Waals surface area (Å²) in [6.45, 7) is 0. The van der Waals surface area contributed by atoms with Gasteiger partial charge in [-0.1, -0.05) is 24.3 Å². The molecule has 34 heavy (non-hydrogen) atoms. The summed E-state index contributed by atoms with van der Waals surface area (Å²) in [5.74, 6) is 1.30. The molecule has 0 spiro atoms. The minimum Gasteiger partial charge on any atom is -0.385 e. The molecule has 0 fully saturated rings. The molecule has 0 aromatic carbocycles. The van der Waals surface area contributed by atoms with Gasteiger partial charge in [0.25, 0.3) is 0 Å². The van der Waals surface area contributed by atoms with E-state index in [0.29, 0.717) is 17.3 Å². The van der Waals surface area contributed by atoms with Crippen molar-refractivity contribution in [2.45, 2.75) is 0 Å². The quantitative estimate of drug-likeness (QED) is 0.390. The average Bonchev–Trinajstić information content (AvgIpc) is 3.56. The van der Waals surface area contributed by atoms with E-state index in [1.807, 2.05) is 94.3 Å². The average molecular weight is 444 g/mol. The molecule has 2 aliphatic carbocycles. The molecule has 7 nitrogen and oxygen atoms in total. The molecule has 0 amide bonds. The Morgan fingerprint density at radius 1 is 0.647 bits per heavy atom. The minimum atomic E-state index is 0.648. The normalized spacial score (nSPS) is 12.1. The summed E-state index contributed by atoms with van der Waals surface area (Å²) in [5.41, 5.74) is 19.9. The number of fused-ring (bicyclic) bond motifs is 3. The molecule has 0 saturated heterocycles. The third-order valence-electron chi connectivity index (χ3n) is 5.94. The highest BCUT2D eigenvalue weighted by Crippen LogP contribution is 2.29. The van der Waals surface area contributed by atoms with Crippen LogP contribution < -0.4 is 11.5 Å². The molecule has 0 atom stereocenters. The first-order valence-electron chi connectivity index (χ1n) is 10.9. The topological polar surface area (TPSA) is 101 Å². The highest BCUT2D eigenvalue weighted by molar-refractivity contribution is 5.78. The third-order valence-corrected chi connectivity index (χ3v) is 5.94. The number of nitrogens with two attached hydrogens (primary N) is 2. The zero-order valence-corrected chi connectivity index (χ0v) is 18.2. The highest BCUT2D eigenvalue weighted by atomic mass is 15.1. The van der Waals surface area contributed by atoms with Crippen LogP contribution in [-0.2, 0) is 0 Å². The van der Waals surface area contributed by atoms with Crippen molar-refractivity contribution >= 4 is 36.2 Å². The van der Waals surface area contributed by atoms with Gasteiger partial charge in [-0.3, -0.25) is 4.98 Å². The van der Waals surface area contributed by atoms with Crippen molar-refractivity contribution in [3.05, 3.63) is 90.4 Å². The smallest absolute Gasteiger partial charge is 0.113 e. The molecule has 0 saturated carbocycles. The first kappa shape index (κ1) is 19.8. The number of rotatable bonds is 4. The molecule has 0 aromatic heterocycles. The molecule has 6 aliphatic rings. The number of hydrogen-bond acceptors (Lipinski definition) is 5. The van der Waals surface area contributed by atoms with Crippen LogP contribution in [-0.4, -0.2) is 24.3 Å². The van der Waals surface area contributed by atoms with Crippen molar-refractivity contribution < 1.29 is 0 Å². The van der Waals surface area contributed by atoms with E-state index >= 15 is 0 Å². The van der Waals surface area contributed by atoms with Gasteiger partial charge in [-0.15, -0.1) is 10.2 Å². The van der Waals surface area contributed by atoms with Crippen LogP contribution in [0.4, 0.5) is 11.6 Å². The van der Waals surface area contributed by atoms with E-state index in [-0.39, 0.29) is 0 Å². The number of aromatic nitrogens is 5. The van der Waals surface area contributed by atoms with Crippen LogP contribution >= 0.6 is 0 Å². The number of pyridine rings is 2. The second kappa shape index (κ2) is 7.90. The lowest BCUT2D eigenvalue weighted by molar-refractivity contribution is 1.08. The zero-order valence-electron chi connectivity index (χ0n) is 18.2. The lowest BCUT2D eigenvalue weighted by Gasteiger charge is -2.11. The fourth-order valence-corrected chi connectivity index (χ4v) is 4.17. The Hall–Kier alpha value is -4.91. The zero-order chi connectivity index (χ0) is 23.1. The Morgan fingerprint density at radius 3 is 1.97 bits per heavy atom. The van der Waals surface area contributed by atoms with Crippen LogP contribution in [0.15, 0.2) is 79.0 Å². The van der Waals surface area contributed by atoms with Crippen molar-refractivity contribution in [3.63, 3.8) is 0 Å². The van der Waals surface area contributed by atoms with Crippen molar-refractivity contribution in [1.82, 2.24) is 24.3 Å². The second-order valence-electron chi connectivity index (χ2n) is 8.02. The van der Waals surface area contributed by atoms with E-state index in [0.717, 1.165) is 39.5 Å². The van der Waals surface area contributed by atoms with Gasteiger partial charge in [-0.2, -0.15) is 0 Å². The molecular formula is C27H21N7. The molecule has 6 rings (SSSR count). The van der Waals surface area contributed by atoms with Crippen LogP contribution in [0.1, 0.15) is 11.4 Å². The van der Waals surface area contributed by atoms with Crippen molar-refractivity contribution in [1.29, 1.82) is 0 Å². The maximum atomic E-state index is 6.20. The Labute approximate surface area is 196 Å². The van der Waals surface area contributed by atoms with E-state index in [1.54, 1.807) is 6.20 Å². The monoisotopic (exact) mass is 443 g/mol. The first-order chi connectivity index (χ1) is 16.7. The summed E-state index contributed by atoms with van der Waals surface area (Å²) in [6.07, 6.45) is 9.42. The largest absolute Gasteiger partial charge is 0.385 e. The summed E-state index contributed by atoms with van der Waals surface area (Å²) >= 11 is 0. The van der Waals surface area contributed by atoms with Crippen molar-refractivity contribution in [2.24, 2.45) is 0 Å². The predicted molar refractivity (Wildman–Crippen MR) is 138 cm³/mol. The number of nitrogens with zero attached hydrogens (tertiary/aromatic N) is 5. The lowest BCUT2D eigenvalue weighted by Crippen LogP contribution is -2.01. The van der Waals surface area contributed by atoms with Gasteiger partial charge in [0.1, 0.15) is 17.3 Å². The number of hydrogen-bond donors (Lipinski definition) is 2. The van der Waals surface area contributed by atoms with Gasteiger partial charge in [0, 0.05) is 18.0 Å². The standard InChI is InChI=1S/C27H21N7/c28-26-11-7-18-3-1-5-24(18)33(26)15-13-20-9-10-21-22(31-32-23(21)17-30-20)14-16-34-25-6-2-4-19(25)8-12-27(34)29/h1-17H,28-29H2/b15-13+,16-14+. The van der Waals surface area contributed by atoms with E-state index in [2.05, 4.69) is 27.3 Å². The second-order valence-corrected chi connectivity index (χ2v) is 8.02. The van der Waals surface area contributed by atoms with Crippen molar-refractivity contribution in [2.75, 3.05) is 11.5 Å². The maximum absolute atomic E-state index is 6.20. The Balaban J connectivity index is 1.32. The van der Waals surface area contributed by atoms with Gasteiger partial charge < -0.3 is 20.6 Å². The first-order valence-corrected chi connectivity index (χ1v) is 10.9. The van der Waals surface area contributed by atoms with Gasteiger partial charge >= 0.3 is 0 Å². The molecule has 164 valence electrons.